The minimum absolute atomic E-state index is 0.153. The van der Waals surface area contributed by atoms with E-state index in [4.69, 9.17) is 0 Å². The lowest BCUT2D eigenvalue weighted by Crippen LogP contribution is -2.29. The SMILES string of the molecule is CC(C)c1cc(C(F)(F)F)n2nc([C@@H]3CCN(C(=O)c4cnc(N(C)C)nc4)C3)cc2n1. The number of rotatable bonds is 4. The number of anilines is 1. The fraction of sp³-hybridized carbons (Fsp3) is 0.476. The van der Waals surface area contributed by atoms with Gasteiger partial charge in [0.1, 0.15) is 5.69 Å². The molecular formula is C21H24F3N7O. The molecule has 0 aromatic carbocycles. The number of alkyl halides is 3. The van der Waals surface area contributed by atoms with Crippen LogP contribution in [-0.4, -0.2) is 62.6 Å². The van der Waals surface area contributed by atoms with E-state index >= 15 is 0 Å². The Hall–Kier alpha value is -3.24. The summed E-state index contributed by atoms with van der Waals surface area (Å²) < 4.78 is 41.7. The van der Waals surface area contributed by atoms with Crippen LogP contribution in [0.2, 0.25) is 0 Å². The van der Waals surface area contributed by atoms with Crippen molar-refractivity contribution < 1.29 is 18.0 Å². The second-order valence-electron chi connectivity index (χ2n) is 8.46. The van der Waals surface area contributed by atoms with Gasteiger partial charge in [-0.2, -0.15) is 18.3 Å². The Morgan fingerprint density at radius 1 is 1.19 bits per heavy atom. The van der Waals surface area contributed by atoms with E-state index < -0.39 is 11.9 Å². The molecule has 1 atom stereocenters. The number of hydrogen-bond donors (Lipinski definition) is 0. The highest BCUT2D eigenvalue weighted by Gasteiger charge is 2.36. The first-order valence-corrected chi connectivity index (χ1v) is 10.3. The van der Waals surface area contributed by atoms with Crippen LogP contribution in [0.1, 0.15) is 59.5 Å². The Morgan fingerprint density at radius 3 is 2.47 bits per heavy atom. The van der Waals surface area contributed by atoms with Crippen LogP contribution in [0.3, 0.4) is 0 Å². The molecule has 4 rings (SSSR count). The highest BCUT2D eigenvalue weighted by molar-refractivity contribution is 5.94. The monoisotopic (exact) mass is 447 g/mol. The molecule has 0 bridgehead atoms. The summed E-state index contributed by atoms with van der Waals surface area (Å²) in [5.74, 6) is -0.0385. The second kappa shape index (κ2) is 8.03. The maximum absolute atomic E-state index is 13.6. The van der Waals surface area contributed by atoms with E-state index in [1.807, 2.05) is 0 Å². The number of carbonyl (C=O) groups is 1. The van der Waals surface area contributed by atoms with E-state index in [1.165, 1.54) is 12.4 Å². The number of nitrogens with zero attached hydrogens (tertiary/aromatic N) is 7. The van der Waals surface area contributed by atoms with Crippen LogP contribution in [-0.2, 0) is 6.18 Å². The van der Waals surface area contributed by atoms with Gasteiger partial charge in [0.05, 0.1) is 11.3 Å². The Balaban J connectivity index is 1.58. The molecule has 3 aromatic rings. The molecule has 1 aliphatic rings. The van der Waals surface area contributed by atoms with Crippen molar-refractivity contribution >= 4 is 17.5 Å². The lowest BCUT2D eigenvalue weighted by Gasteiger charge is -2.16. The summed E-state index contributed by atoms with van der Waals surface area (Å²) in [4.78, 5) is 28.9. The Kier molecular flexibility index (Phi) is 5.51. The van der Waals surface area contributed by atoms with E-state index in [0.717, 1.165) is 10.6 Å². The van der Waals surface area contributed by atoms with E-state index in [1.54, 1.807) is 43.8 Å². The molecule has 32 heavy (non-hydrogen) atoms. The van der Waals surface area contributed by atoms with Gasteiger partial charge >= 0.3 is 6.18 Å². The minimum Gasteiger partial charge on any atom is -0.347 e. The third kappa shape index (κ3) is 4.11. The fourth-order valence-corrected chi connectivity index (χ4v) is 3.74. The summed E-state index contributed by atoms with van der Waals surface area (Å²) in [6.45, 7) is 4.43. The van der Waals surface area contributed by atoms with Gasteiger partial charge in [0.2, 0.25) is 5.95 Å². The molecule has 1 saturated heterocycles. The van der Waals surface area contributed by atoms with Crippen molar-refractivity contribution in [1.29, 1.82) is 0 Å². The average Bonchev–Trinajstić information content (AvgIpc) is 3.38. The van der Waals surface area contributed by atoms with Crippen molar-refractivity contribution in [2.75, 3.05) is 32.1 Å². The first-order valence-electron chi connectivity index (χ1n) is 10.3. The summed E-state index contributed by atoms with van der Waals surface area (Å²) in [7, 11) is 3.61. The number of carbonyl (C=O) groups excluding carboxylic acids is 1. The minimum atomic E-state index is -4.55. The first-order chi connectivity index (χ1) is 15.0. The molecule has 0 N–H and O–H groups in total. The van der Waals surface area contributed by atoms with Gasteiger partial charge < -0.3 is 9.80 Å². The van der Waals surface area contributed by atoms with Crippen LogP contribution < -0.4 is 4.90 Å². The first kappa shape index (κ1) is 22.0. The summed E-state index contributed by atoms with van der Waals surface area (Å²) in [5, 5.41) is 4.23. The molecule has 1 aliphatic heterocycles. The van der Waals surface area contributed by atoms with Crippen LogP contribution in [0.15, 0.2) is 24.5 Å². The van der Waals surface area contributed by atoms with E-state index in [0.29, 0.717) is 42.4 Å². The normalized spacial score (nSPS) is 16.9. The van der Waals surface area contributed by atoms with Gasteiger partial charge in [-0.05, 0) is 18.4 Å². The highest BCUT2D eigenvalue weighted by Crippen LogP contribution is 2.33. The summed E-state index contributed by atoms with van der Waals surface area (Å²) in [6.07, 6.45) is -0.985. The zero-order valence-corrected chi connectivity index (χ0v) is 18.3. The zero-order chi connectivity index (χ0) is 23.2. The Bertz CT molecular complexity index is 1140. The number of halogens is 3. The van der Waals surface area contributed by atoms with Crippen LogP contribution >= 0.6 is 0 Å². The number of aromatic nitrogens is 5. The zero-order valence-electron chi connectivity index (χ0n) is 18.3. The molecule has 0 aliphatic carbocycles. The lowest BCUT2D eigenvalue weighted by atomic mass is 10.1. The molecule has 8 nitrogen and oxygen atoms in total. The van der Waals surface area contributed by atoms with Crippen LogP contribution in [0, 0.1) is 0 Å². The number of amides is 1. The second-order valence-corrected chi connectivity index (χ2v) is 8.46. The lowest BCUT2D eigenvalue weighted by molar-refractivity contribution is -0.142. The van der Waals surface area contributed by atoms with Gasteiger partial charge in [0.15, 0.2) is 5.65 Å². The van der Waals surface area contributed by atoms with Crippen molar-refractivity contribution in [3.8, 4) is 0 Å². The maximum atomic E-state index is 13.6. The number of likely N-dealkylation sites (tertiary alicyclic amines) is 1. The molecule has 0 radical (unpaired) electrons. The van der Waals surface area contributed by atoms with Crippen molar-refractivity contribution in [1.82, 2.24) is 29.5 Å². The topological polar surface area (TPSA) is 79.5 Å². The quantitative estimate of drug-likeness (QED) is 0.610. The predicted octanol–water partition coefficient (Wildman–Crippen LogP) is 3.36. The Morgan fingerprint density at radius 2 is 1.88 bits per heavy atom. The summed E-state index contributed by atoms with van der Waals surface area (Å²) >= 11 is 0. The average molecular weight is 447 g/mol. The van der Waals surface area contributed by atoms with Crippen LogP contribution in [0.5, 0.6) is 0 Å². The van der Waals surface area contributed by atoms with E-state index in [2.05, 4.69) is 20.1 Å². The number of fused-ring (bicyclic) bond motifs is 1. The van der Waals surface area contributed by atoms with Crippen molar-refractivity contribution in [2.24, 2.45) is 0 Å². The fourth-order valence-electron chi connectivity index (χ4n) is 3.74. The molecule has 0 spiro atoms. The largest absolute Gasteiger partial charge is 0.433 e. The van der Waals surface area contributed by atoms with Crippen LogP contribution in [0.4, 0.5) is 19.1 Å². The van der Waals surface area contributed by atoms with Gasteiger partial charge in [-0.1, -0.05) is 13.8 Å². The molecule has 3 aromatic heterocycles. The smallest absolute Gasteiger partial charge is 0.347 e. The van der Waals surface area contributed by atoms with E-state index in [9.17, 15) is 18.0 Å². The molecule has 4 heterocycles. The predicted molar refractivity (Wildman–Crippen MR) is 112 cm³/mol. The van der Waals surface area contributed by atoms with E-state index in [-0.39, 0.29) is 23.4 Å². The molecule has 1 amide bonds. The van der Waals surface area contributed by atoms with Gasteiger partial charge in [0.25, 0.3) is 5.91 Å². The van der Waals surface area contributed by atoms with Crippen molar-refractivity contribution in [3.63, 3.8) is 0 Å². The van der Waals surface area contributed by atoms with Crippen molar-refractivity contribution in [3.05, 3.63) is 47.2 Å². The van der Waals surface area contributed by atoms with Gasteiger partial charge in [0, 0.05) is 57.3 Å². The molecule has 0 saturated carbocycles. The maximum Gasteiger partial charge on any atom is 0.433 e. The summed E-state index contributed by atoms with van der Waals surface area (Å²) in [6, 6.07) is 2.64. The summed E-state index contributed by atoms with van der Waals surface area (Å²) in [5.41, 5.74) is 0.547. The Labute approximate surface area is 183 Å². The molecule has 11 heteroatoms. The molecule has 170 valence electrons. The third-order valence-electron chi connectivity index (χ3n) is 5.53. The third-order valence-corrected chi connectivity index (χ3v) is 5.53. The molecular weight excluding hydrogens is 423 g/mol. The van der Waals surface area contributed by atoms with Crippen LogP contribution in [0.25, 0.3) is 5.65 Å². The molecule has 0 unspecified atom stereocenters. The molecule has 1 fully saturated rings. The number of hydrogen-bond acceptors (Lipinski definition) is 6. The highest BCUT2D eigenvalue weighted by atomic mass is 19.4. The van der Waals surface area contributed by atoms with Gasteiger partial charge in [-0.15, -0.1) is 0 Å². The standard InChI is InChI=1S/C21H24F3N7O/c1-12(2)15-7-17(21(22,23)24)31-18(27-15)8-16(28-31)13-5-6-30(11-13)19(32)14-9-25-20(26-10-14)29(3)4/h7-10,12-13H,5-6,11H2,1-4H3/t13-/m1/s1. The van der Waals surface area contributed by atoms with Gasteiger partial charge in [-0.3, -0.25) is 4.79 Å². The van der Waals surface area contributed by atoms with Crippen molar-refractivity contribution in [2.45, 2.75) is 38.3 Å². The van der Waals surface area contributed by atoms with Gasteiger partial charge in [-0.25, -0.2) is 19.5 Å².